The molecule has 0 radical (unpaired) electrons. The van der Waals surface area contributed by atoms with Crippen molar-refractivity contribution in [3.8, 4) is 0 Å². The maximum atomic E-state index is 11.7. The molecule has 0 saturated carbocycles. The third-order valence-corrected chi connectivity index (χ3v) is 4.09. The third kappa shape index (κ3) is 3.42. The van der Waals surface area contributed by atoms with Gasteiger partial charge in [-0.1, -0.05) is 6.92 Å². The van der Waals surface area contributed by atoms with Crippen LogP contribution in [0.5, 0.6) is 0 Å². The topological polar surface area (TPSA) is 32.8 Å². The van der Waals surface area contributed by atoms with Gasteiger partial charge in [0.15, 0.2) is 0 Å². The molecule has 1 aliphatic heterocycles. The molecule has 0 unspecified atom stereocenters. The van der Waals surface area contributed by atoms with Gasteiger partial charge in [0.25, 0.3) is 0 Å². The lowest BCUT2D eigenvalue weighted by Gasteiger charge is -2.35. The van der Waals surface area contributed by atoms with Crippen LogP contribution in [0, 0.1) is 0 Å². The Morgan fingerprint density at radius 3 is 2.71 bits per heavy atom. The first-order chi connectivity index (χ1) is 7.92. The van der Waals surface area contributed by atoms with Crippen molar-refractivity contribution in [3.63, 3.8) is 0 Å². The molecule has 4 nitrogen and oxygen atoms in total. The normalized spacial score (nSPS) is 21.8. The maximum Gasteiger partial charge on any atom is 0.248 e. The molecule has 1 heterocycles. The Labute approximate surface area is 105 Å². The Morgan fingerprint density at radius 1 is 1.53 bits per heavy atom. The molecule has 1 atom stereocenters. The monoisotopic (exact) mass is 242 g/mol. The standard InChI is InChI=1S/C13H26N2O2/c1-6-13(2,3)15-8-7-11(9-15)14(4)12(16)10-17-5/h11H,6-10H2,1-5H3/t11-/m1/s1. The van der Waals surface area contributed by atoms with Crippen LogP contribution in [0.3, 0.4) is 0 Å². The van der Waals surface area contributed by atoms with Gasteiger partial charge in [0, 0.05) is 38.8 Å². The van der Waals surface area contributed by atoms with Gasteiger partial charge >= 0.3 is 0 Å². The Balaban J connectivity index is 2.53. The van der Waals surface area contributed by atoms with E-state index < -0.39 is 0 Å². The number of amides is 1. The number of likely N-dealkylation sites (tertiary alicyclic amines) is 1. The third-order valence-electron chi connectivity index (χ3n) is 4.09. The van der Waals surface area contributed by atoms with Crippen LogP contribution in [0.15, 0.2) is 0 Å². The highest BCUT2D eigenvalue weighted by atomic mass is 16.5. The summed E-state index contributed by atoms with van der Waals surface area (Å²) >= 11 is 0. The lowest BCUT2D eigenvalue weighted by molar-refractivity contribution is -0.135. The molecule has 0 aromatic rings. The summed E-state index contributed by atoms with van der Waals surface area (Å²) in [5.74, 6) is 0.0775. The number of ether oxygens (including phenoxy) is 1. The van der Waals surface area contributed by atoms with Crippen molar-refractivity contribution in [1.82, 2.24) is 9.80 Å². The van der Waals surface area contributed by atoms with Crippen molar-refractivity contribution in [2.24, 2.45) is 0 Å². The minimum absolute atomic E-state index is 0.0775. The molecule has 0 aliphatic carbocycles. The Kier molecular flexibility index (Phi) is 4.95. The van der Waals surface area contributed by atoms with Crippen LogP contribution >= 0.6 is 0 Å². The molecule has 100 valence electrons. The molecule has 4 heteroatoms. The molecule has 0 bridgehead atoms. The van der Waals surface area contributed by atoms with E-state index in [9.17, 15) is 4.79 Å². The van der Waals surface area contributed by atoms with Gasteiger partial charge in [-0.2, -0.15) is 0 Å². The van der Waals surface area contributed by atoms with E-state index in [0.717, 1.165) is 25.9 Å². The van der Waals surface area contributed by atoms with Gasteiger partial charge in [-0.25, -0.2) is 0 Å². The molecule has 0 aromatic carbocycles. The van der Waals surface area contributed by atoms with Crippen LogP contribution < -0.4 is 0 Å². The van der Waals surface area contributed by atoms with Crippen molar-refractivity contribution in [2.45, 2.75) is 45.2 Å². The maximum absolute atomic E-state index is 11.7. The fourth-order valence-electron chi connectivity index (χ4n) is 2.26. The highest BCUT2D eigenvalue weighted by Crippen LogP contribution is 2.25. The van der Waals surface area contributed by atoms with E-state index in [0.29, 0.717) is 6.04 Å². The van der Waals surface area contributed by atoms with Crippen LogP contribution in [0.2, 0.25) is 0 Å². The summed E-state index contributed by atoms with van der Waals surface area (Å²) in [4.78, 5) is 16.1. The van der Waals surface area contributed by atoms with Crippen LogP contribution in [-0.4, -0.2) is 61.1 Å². The molecule has 17 heavy (non-hydrogen) atoms. The van der Waals surface area contributed by atoms with Crippen LogP contribution in [0.4, 0.5) is 0 Å². The van der Waals surface area contributed by atoms with Crippen molar-refractivity contribution in [3.05, 3.63) is 0 Å². The van der Waals surface area contributed by atoms with Gasteiger partial charge in [0.1, 0.15) is 6.61 Å². The van der Waals surface area contributed by atoms with Crippen LogP contribution in [0.25, 0.3) is 0 Å². The van der Waals surface area contributed by atoms with E-state index in [4.69, 9.17) is 4.74 Å². The van der Waals surface area contributed by atoms with Gasteiger partial charge in [0.2, 0.25) is 5.91 Å². The molecule has 1 saturated heterocycles. The van der Waals surface area contributed by atoms with Crippen LogP contribution in [-0.2, 0) is 9.53 Å². The molecule has 1 amide bonds. The minimum Gasteiger partial charge on any atom is -0.375 e. The second-order valence-electron chi connectivity index (χ2n) is 5.49. The lowest BCUT2D eigenvalue weighted by Crippen LogP contribution is -2.45. The fraction of sp³-hybridized carbons (Fsp3) is 0.923. The predicted molar refractivity (Wildman–Crippen MR) is 69.0 cm³/mol. The molecule has 1 aliphatic rings. The van der Waals surface area contributed by atoms with Crippen molar-refractivity contribution in [2.75, 3.05) is 33.9 Å². The first-order valence-electron chi connectivity index (χ1n) is 6.42. The fourth-order valence-corrected chi connectivity index (χ4v) is 2.26. The van der Waals surface area contributed by atoms with Gasteiger partial charge in [-0.05, 0) is 26.7 Å². The van der Waals surface area contributed by atoms with E-state index in [1.165, 1.54) is 0 Å². The molecule has 1 fully saturated rings. The average Bonchev–Trinajstić information content (AvgIpc) is 2.78. The van der Waals surface area contributed by atoms with E-state index in [-0.39, 0.29) is 18.1 Å². The number of rotatable bonds is 5. The quantitative estimate of drug-likeness (QED) is 0.729. The van der Waals surface area contributed by atoms with Crippen molar-refractivity contribution in [1.29, 1.82) is 0 Å². The number of hydrogen-bond donors (Lipinski definition) is 0. The highest BCUT2D eigenvalue weighted by molar-refractivity contribution is 5.77. The number of hydrogen-bond acceptors (Lipinski definition) is 3. The predicted octanol–water partition coefficient (Wildman–Crippen LogP) is 1.35. The second-order valence-corrected chi connectivity index (χ2v) is 5.49. The SMILES string of the molecule is CCC(C)(C)N1CC[C@@H](N(C)C(=O)COC)C1. The molecular formula is C13H26N2O2. The van der Waals surface area contributed by atoms with Gasteiger partial charge in [-0.3, -0.25) is 9.69 Å². The average molecular weight is 242 g/mol. The number of nitrogens with zero attached hydrogens (tertiary/aromatic N) is 2. The van der Waals surface area contributed by atoms with Crippen molar-refractivity contribution < 1.29 is 9.53 Å². The second kappa shape index (κ2) is 5.83. The first kappa shape index (κ1) is 14.5. The van der Waals surface area contributed by atoms with Gasteiger partial charge in [0.05, 0.1) is 0 Å². The molecular weight excluding hydrogens is 216 g/mol. The zero-order chi connectivity index (χ0) is 13.1. The largest absolute Gasteiger partial charge is 0.375 e. The first-order valence-corrected chi connectivity index (χ1v) is 6.42. The van der Waals surface area contributed by atoms with Crippen LogP contribution in [0.1, 0.15) is 33.6 Å². The number of carbonyl (C=O) groups is 1. The Hall–Kier alpha value is -0.610. The van der Waals surface area contributed by atoms with E-state index in [1.54, 1.807) is 7.11 Å². The summed E-state index contributed by atoms with van der Waals surface area (Å²) in [6.07, 6.45) is 2.20. The zero-order valence-corrected chi connectivity index (χ0v) is 11.8. The summed E-state index contributed by atoms with van der Waals surface area (Å²) in [5, 5.41) is 0. The molecule has 0 aromatic heterocycles. The number of likely N-dealkylation sites (N-methyl/N-ethyl adjacent to an activating group) is 1. The van der Waals surface area contributed by atoms with E-state index >= 15 is 0 Å². The van der Waals surface area contributed by atoms with E-state index in [2.05, 4.69) is 25.7 Å². The van der Waals surface area contributed by atoms with Gasteiger partial charge in [-0.15, -0.1) is 0 Å². The number of methoxy groups -OCH3 is 1. The highest BCUT2D eigenvalue weighted by Gasteiger charge is 2.34. The number of carbonyl (C=O) groups excluding carboxylic acids is 1. The molecule has 0 N–H and O–H groups in total. The molecule has 1 rings (SSSR count). The lowest BCUT2D eigenvalue weighted by atomic mass is 10.0. The smallest absolute Gasteiger partial charge is 0.248 e. The molecule has 0 spiro atoms. The minimum atomic E-state index is 0.0775. The summed E-state index contributed by atoms with van der Waals surface area (Å²) in [7, 11) is 3.45. The summed E-state index contributed by atoms with van der Waals surface area (Å²) in [6, 6.07) is 0.337. The zero-order valence-electron chi connectivity index (χ0n) is 11.8. The van der Waals surface area contributed by atoms with E-state index in [1.807, 2.05) is 11.9 Å². The van der Waals surface area contributed by atoms with Crippen molar-refractivity contribution >= 4 is 5.91 Å². The Bertz CT molecular complexity index is 266. The summed E-state index contributed by atoms with van der Waals surface area (Å²) < 4.78 is 4.89. The van der Waals surface area contributed by atoms with Gasteiger partial charge < -0.3 is 9.64 Å². The summed E-state index contributed by atoms with van der Waals surface area (Å²) in [5.41, 5.74) is 0.236. The summed E-state index contributed by atoms with van der Waals surface area (Å²) in [6.45, 7) is 9.00. The Morgan fingerprint density at radius 2 is 2.18 bits per heavy atom.